The van der Waals surface area contributed by atoms with E-state index >= 15 is 0 Å². The summed E-state index contributed by atoms with van der Waals surface area (Å²) >= 11 is 0. The summed E-state index contributed by atoms with van der Waals surface area (Å²) in [6, 6.07) is 7.73. The Labute approximate surface area is 113 Å². The molecule has 1 heterocycles. The van der Waals surface area contributed by atoms with Crippen molar-refractivity contribution in [3.05, 3.63) is 29.8 Å². The second-order valence-corrected chi connectivity index (χ2v) is 4.56. The molecule has 0 spiro atoms. The van der Waals surface area contributed by atoms with Gasteiger partial charge in [0, 0.05) is 26.7 Å². The zero-order chi connectivity index (χ0) is 13.5. The van der Waals surface area contributed by atoms with Crippen molar-refractivity contribution in [3.63, 3.8) is 0 Å². The fraction of sp³-hybridized carbons (Fsp3) is 0.500. The maximum atomic E-state index is 11.7. The molecule has 1 aromatic rings. The van der Waals surface area contributed by atoms with Gasteiger partial charge in [0.1, 0.15) is 12.4 Å². The van der Waals surface area contributed by atoms with E-state index < -0.39 is 0 Å². The van der Waals surface area contributed by atoms with Crippen LogP contribution >= 0.6 is 0 Å². The number of nitrogens with one attached hydrogen (secondary N) is 2. The number of methoxy groups -OCH3 is 1. The standard InChI is InChI=1S/C14H20N2O3/c1-18-6-7-19-13-4-2-11(3-5-13)8-16-14(17)12-9-15-10-12/h2-5,12,15H,6-10H2,1H3,(H,16,17). The minimum absolute atomic E-state index is 0.124. The summed E-state index contributed by atoms with van der Waals surface area (Å²) in [5.74, 6) is 1.08. The van der Waals surface area contributed by atoms with Gasteiger partial charge in [0.15, 0.2) is 0 Å². The molecule has 0 bridgehead atoms. The highest BCUT2D eigenvalue weighted by molar-refractivity contribution is 5.79. The molecule has 19 heavy (non-hydrogen) atoms. The first-order valence-corrected chi connectivity index (χ1v) is 6.48. The van der Waals surface area contributed by atoms with E-state index in [4.69, 9.17) is 9.47 Å². The van der Waals surface area contributed by atoms with Crippen LogP contribution in [0.2, 0.25) is 0 Å². The smallest absolute Gasteiger partial charge is 0.225 e. The lowest BCUT2D eigenvalue weighted by molar-refractivity contribution is -0.126. The van der Waals surface area contributed by atoms with Crippen molar-refractivity contribution < 1.29 is 14.3 Å². The van der Waals surface area contributed by atoms with Gasteiger partial charge in [-0.25, -0.2) is 0 Å². The third-order valence-corrected chi connectivity index (χ3v) is 3.10. The number of hydrogen-bond acceptors (Lipinski definition) is 4. The van der Waals surface area contributed by atoms with Gasteiger partial charge in [0.25, 0.3) is 0 Å². The fourth-order valence-corrected chi connectivity index (χ4v) is 1.75. The molecule has 2 N–H and O–H groups in total. The van der Waals surface area contributed by atoms with Gasteiger partial charge in [0.05, 0.1) is 12.5 Å². The molecule has 0 atom stereocenters. The maximum Gasteiger partial charge on any atom is 0.225 e. The van der Waals surface area contributed by atoms with E-state index in [1.54, 1.807) is 7.11 Å². The van der Waals surface area contributed by atoms with Crippen molar-refractivity contribution in [1.82, 2.24) is 10.6 Å². The van der Waals surface area contributed by atoms with Crippen molar-refractivity contribution in [1.29, 1.82) is 0 Å². The molecule has 0 saturated carbocycles. The first-order valence-electron chi connectivity index (χ1n) is 6.48. The number of benzene rings is 1. The van der Waals surface area contributed by atoms with Gasteiger partial charge in [0.2, 0.25) is 5.91 Å². The summed E-state index contributed by atoms with van der Waals surface area (Å²) in [5, 5.41) is 6.02. The van der Waals surface area contributed by atoms with Crippen LogP contribution in [0.1, 0.15) is 5.56 Å². The molecular weight excluding hydrogens is 244 g/mol. The first-order chi connectivity index (χ1) is 9.29. The number of hydrogen-bond donors (Lipinski definition) is 2. The van der Waals surface area contributed by atoms with Gasteiger partial charge in [-0.1, -0.05) is 12.1 Å². The molecule has 2 rings (SSSR count). The highest BCUT2D eigenvalue weighted by atomic mass is 16.5. The lowest BCUT2D eigenvalue weighted by Gasteiger charge is -2.25. The number of amides is 1. The van der Waals surface area contributed by atoms with Crippen LogP contribution in [0, 0.1) is 5.92 Å². The van der Waals surface area contributed by atoms with Crippen molar-refractivity contribution in [3.8, 4) is 5.75 Å². The van der Waals surface area contributed by atoms with Crippen molar-refractivity contribution in [2.75, 3.05) is 33.4 Å². The molecule has 1 fully saturated rings. The molecule has 1 saturated heterocycles. The zero-order valence-electron chi connectivity index (χ0n) is 11.1. The van der Waals surface area contributed by atoms with Crippen LogP contribution in [0.3, 0.4) is 0 Å². The highest BCUT2D eigenvalue weighted by Gasteiger charge is 2.24. The SMILES string of the molecule is COCCOc1ccc(CNC(=O)C2CNC2)cc1. The Kier molecular flexibility index (Phi) is 5.18. The van der Waals surface area contributed by atoms with Gasteiger partial charge in [-0.2, -0.15) is 0 Å². The Bertz CT molecular complexity index is 402. The largest absolute Gasteiger partial charge is 0.491 e. The average molecular weight is 264 g/mol. The van der Waals surface area contributed by atoms with Crippen LogP contribution in [-0.2, 0) is 16.1 Å². The quantitative estimate of drug-likeness (QED) is 0.706. The van der Waals surface area contributed by atoms with Gasteiger partial charge in [-0.15, -0.1) is 0 Å². The van der Waals surface area contributed by atoms with Crippen LogP contribution in [0.4, 0.5) is 0 Å². The number of carbonyl (C=O) groups is 1. The van der Waals surface area contributed by atoms with Crippen molar-refractivity contribution >= 4 is 5.91 Å². The third-order valence-electron chi connectivity index (χ3n) is 3.10. The zero-order valence-corrected chi connectivity index (χ0v) is 11.1. The summed E-state index contributed by atoms with van der Waals surface area (Å²) in [6.45, 7) is 3.26. The summed E-state index contributed by atoms with van der Waals surface area (Å²) in [6.07, 6.45) is 0. The maximum absolute atomic E-state index is 11.7. The molecule has 1 aromatic carbocycles. The first kappa shape index (κ1) is 13.8. The van der Waals surface area contributed by atoms with Gasteiger partial charge < -0.3 is 20.1 Å². The normalized spacial score (nSPS) is 14.8. The predicted octanol–water partition coefficient (Wildman–Crippen LogP) is 0.547. The van der Waals surface area contributed by atoms with E-state index in [1.165, 1.54) is 0 Å². The van der Waals surface area contributed by atoms with Crippen LogP contribution in [0.15, 0.2) is 24.3 Å². The average Bonchev–Trinajstić information content (AvgIpc) is 2.36. The highest BCUT2D eigenvalue weighted by Crippen LogP contribution is 2.12. The molecule has 0 aliphatic carbocycles. The summed E-state index contributed by atoms with van der Waals surface area (Å²) in [4.78, 5) is 11.7. The summed E-state index contributed by atoms with van der Waals surface area (Å²) in [7, 11) is 1.65. The second kappa shape index (κ2) is 7.11. The lowest BCUT2D eigenvalue weighted by atomic mass is 10.0. The van der Waals surface area contributed by atoms with Crippen LogP contribution in [0.25, 0.3) is 0 Å². The summed E-state index contributed by atoms with van der Waals surface area (Å²) < 4.78 is 10.4. The molecule has 0 radical (unpaired) electrons. The second-order valence-electron chi connectivity index (χ2n) is 4.56. The molecule has 0 unspecified atom stereocenters. The van der Waals surface area contributed by atoms with E-state index in [0.717, 1.165) is 24.4 Å². The van der Waals surface area contributed by atoms with Crippen molar-refractivity contribution in [2.24, 2.45) is 5.92 Å². The molecule has 5 nitrogen and oxygen atoms in total. The Hall–Kier alpha value is -1.59. The topological polar surface area (TPSA) is 59.6 Å². The molecular formula is C14H20N2O3. The van der Waals surface area contributed by atoms with Gasteiger partial charge in [-0.05, 0) is 17.7 Å². The lowest BCUT2D eigenvalue weighted by Crippen LogP contribution is -2.50. The van der Waals surface area contributed by atoms with E-state index in [0.29, 0.717) is 19.8 Å². The number of carbonyl (C=O) groups excluding carboxylic acids is 1. The van der Waals surface area contributed by atoms with Crippen LogP contribution in [-0.4, -0.2) is 39.3 Å². The predicted molar refractivity (Wildman–Crippen MR) is 72.0 cm³/mol. The Morgan fingerprint density at radius 3 is 2.63 bits per heavy atom. The number of ether oxygens (including phenoxy) is 2. The monoisotopic (exact) mass is 264 g/mol. The van der Waals surface area contributed by atoms with Crippen molar-refractivity contribution in [2.45, 2.75) is 6.54 Å². The minimum atomic E-state index is 0.124. The Morgan fingerprint density at radius 2 is 2.05 bits per heavy atom. The molecule has 1 aliphatic rings. The van der Waals surface area contributed by atoms with E-state index in [-0.39, 0.29) is 11.8 Å². The van der Waals surface area contributed by atoms with Gasteiger partial charge in [-0.3, -0.25) is 4.79 Å². The van der Waals surface area contributed by atoms with E-state index in [2.05, 4.69) is 10.6 Å². The van der Waals surface area contributed by atoms with E-state index in [9.17, 15) is 4.79 Å². The molecule has 0 aromatic heterocycles. The molecule has 5 heteroatoms. The minimum Gasteiger partial charge on any atom is -0.491 e. The van der Waals surface area contributed by atoms with Crippen LogP contribution in [0.5, 0.6) is 5.75 Å². The summed E-state index contributed by atoms with van der Waals surface area (Å²) in [5.41, 5.74) is 1.07. The number of rotatable bonds is 7. The molecule has 1 amide bonds. The molecule has 104 valence electrons. The van der Waals surface area contributed by atoms with E-state index in [1.807, 2.05) is 24.3 Å². The van der Waals surface area contributed by atoms with Crippen LogP contribution < -0.4 is 15.4 Å². The fourth-order valence-electron chi connectivity index (χ4n) is 1.75. The van der Waals surface area contributed by atoms with Gasteiger partial charge >= 0.3 is 0 Å². The third kappa shape index (κ3) is 4.22. The Morgan fingerprint density at radius 1 is 1.32 bits per heavy atom. The Balaban J connectivity index is 1.73. The molecule has 1 aliphatic heterocycles.